The van der Waals surface area contributed by atoms with E-state index in [1.54, 1.807) is 19.1 Å². The summed E-state index contributed by atoms with van der Waals surface area (Å²) in [5.41, 5.74) is 0.934. The summed E-state index contributed by atoms with van der Waals surface area (Å²) in [6.45, 7) is 3.17. The van der Waals surface area contributed by atoms with Gasteiger partial charge >= 0.3 is 0 Å². The number of hydrogen-bond donors (Lipinski definition) is 4. The van der Waals surface area contributed by atoms with Gasteiger partial charge in [0.25, 0.3) is 11.5 Å². The van der Waals surface area contributed by atoms with E-state index >= 15 is 0 Å². The summed E-state index contributed by atoms with van der Waals surface area (Å²) in [7, 11) is 0. The van der Waals surface area contributed by atoms with Crippen LogP contribution in [0.2, 0.25) is 5.02 Å². The number of pyridine rings is 2. The quantitative estimate of drug-likeness (QED) is 0.421. The summed E-state index contributed by atoms with van der Waals surface area (Å²) < 4.78 is 14.5. The first-order valence-electron chi connectivity index (χ1n) is 10.5. The second-order valence-electron chi connectivity index (χ2n) is 7.84. The van der Waals surface area contributed by atoms with Gasteiger partial charge in [0.1, 0.15) is 11.6 Å². The second-order valence-corrected chi connectivity index (χ2v) is 8.28. The number of rotatable bonds is 7. The number of carbonyl (C=O) groups excluding carboxylic acids is 1. The number of carbonyl (C=O) groups is 1. The minimum atomic E-state index is -0.700. The van der Waals surface area contributed by atoms with E-state index in [2.05, 4.69) is 20.6 Å². The number of hydrogen-bond acceptors (Lipinski definition) is 6. The van der Waals surface area contributed by atoms with Crippen LogP contribution in [-0.2, 0) is 0 Å². The number of amides is 1. The average Bonchev–Trinajstić information content (AvgIpc) is 2.75. The Labute approximate surface area is 194 Å². The van der Waals surface area contributed by atoms with Gasteiger partial charge in [0.2, 0.25) is 0 Å². The van der Waals surface area contributed by atoms with Crippen molar-refractivity contribution in [3.63, 3.8) is 0 Å². The molecule has 1 fully saturated rings. The Morgan fingerprint density at radius 2 is 2.06 bits per heavy atom. The number of halogens is 2. The molecule has 3 aromatic rings. The summed E-state index contributed by atoms with van der Waals surface area (Å²) in [6, 6.07) is 7.20. The number of aliphatic hydroxyl groups excluding tert-OH is 1. The van der Waals surface area contributed by atoms with Crippen LogP contribution >= 0.6 is 11.6 Å². The molecule has 10 heteroatoms. The monoisotopic (exact) mass is 471 g/mol. The molecule has 0 spiro atoms. The van der Waals surface area contributed by atoms with E-state index in [9.17, 15) is 19.1 Å². The van der Waals surface area contributed by atoms with Crippen molar-refractivity contribution >= 4 is 34.7 Å². The molecule has 0 saturated carbocycles. The average molecular weight is 472 g/mol. The Morgan fingerprint density at radius 1 is 1.27 bits per heavy atom. The van der Waals surface area contributed by atoms with E-state index in [0.29, 0.717) is 22.2 Å². The lowest BCUT2D eigenvalue weighted by atomic mass is 10.1. The van der Waals surface area contributed by atoms with Gasteiger partial charge in [-0.25, -0.2) is 4.39 Å². The number of benzene rings is 1. The van der Waals surface area contributed by atoms with E-state index in [1.165, 1.54) is 30.6 Å². The summed E-state index contributed by atoms with van der Waals surface area (Å²) in [6.07, 6.45) is 3.22. The maximum Gasteiger partial charge on any atom is 0.257 e. The number of aromatic nitrogens is 2. The number of nitrogens with one attached hydrogen (secondary N) is 3. The fourth-order valence-electron chi connectivity index (χ4n) is 3.47. The Morgan fingerprint density at radius 3 is 2.76 bits per heavy atom. The van der Waals surface area contributed by atoms with Crippen molar-refractivity contribution in [3.05, 3.63) is 69.5 Å². The summed E-state index contributed by atoms with van der Waals surface area (Å²) in [4.78, 5) is 34.4. The lowest BCUT2D eigenvalue weighted by Crippen LogP contribution is -2.39. The molecular formula is C23H23ClFN5O3. The van der Waals surface area contributed by atoms with Crippen LogP contribution in [0.25, 0.3) is 11.1 Å². The van der Waals surface area contributed by atoms with E-state index in [1.807, 2.05) is 4.90 Å². The predicted octanol–water partition coefficient (Wildman–Crippen LogP) is 3.29. The van der Waals surface area contributed by atoms with Crippen molar-refractivity contribution in [2.24, 2.45) is 0 Å². The van der Waals surface area contributed by atoms with Crippen molar-refractivity contribution in [2.75, 3.05) is 29.9 Å². The van der Waals surface area contributed by atoms with Crippen LogP contribution in [0.1, 0.15) is 23.7 Å². The van der Waals surface area contributed by atoms with Crippen molar-refractivity contribution in [1.29, 1.82) is 0 Å². The zero-order valence-corrected chi connectivity index (χ0v) is 18.6. The molecule has 1 atom stereocenters. The molecule has 172 valence electrons. The third-order valence-electron chi connectivity index (χ3n) is 5.30. The topological polar surface area (TPSA) is 110 Å². The van der Waals surface area contributed by atoms with Gasteiger partial charge in [0.05, 0.1) is 28.6 Å². The maximum absolute atomic E-state index is 14.5. The van der Waals surface area contributed by atoms with E-state index in [-0.39, 0.29) is 23.2 Å². The number of nitrogens with zero attached hydrogens (tertiary/aromatic N) is 2. The van der Waals surface area contributed by atoms with Gasteiger partial charge in [-0.05, 0) is 43.7 Å². The predicted molar refractivity (Wildman–Crippen MR) is 126 cm³/mol. The summed E-state index contributed by atoms with van der Waals surface area (Å²) in [5, 5.41) is 15.6. The zero-order valence-electron chi connectivity index (χ0n) is 17.9. The van der Waals surface area contributed by atoms with Crippen molar-refractivity contribution in [2.45, 2.75) is 19.4 Å². The molecule has 33 heavy (non-hydrogen) atoms. The fourth-order valence-corrected chi connectivity index (χ4v) is 3.65. The van der Waals surface area contributed by atoms with Gasteiger partial charge in [0, 0.05) is 42.6 Å². The lowest BCUT2D eigenvalue weighted by Gasteiger charge is -2.34. The van der Waals surface area contributed by atoms with Crippen LogP contribution < -0.4 is 21.1 Å². The Balaban J connectivity index is 1.77. The zero-order chi connectivity index (χ0) is 23.5. The van der Waals surface area contributed by atoms with Gasteiger partial charge < -0.3 is 25.6 Å². The minimum Gasteiger partial charge on any atom is -0.392 e. The molecule has 1 aliphatic rings. The highest BCUT2D eigenvalue weighted by Gasteiger charge is 2.23. The first-order valence-corrected chi connectivity index (χ1v) is 10.9. The molecule has 1 aromatic carbocycles. The number of H-pyrrole nitrogens is 1. The molecule has 0 aliphatic carbocycles. The Bertz CT molecular complexity index is 1240. The van der Waals surface area contributed by atoms with Gasteiger partial charge in [0.15, 0.2) is 0 Å². The number of aromatic amines is 1. The highest BCUT2D eigenvalue weighted by Crippen LogP contribution is 2.33. The maximum atomic E-state index is 14.5. The molecule has 2 aromatic heterocycles. The molecule has 0 bridgehead atoms. The first kappa shape index (κ1) is 22.8. The second kappa shape index (κ2) is 9.60. The molecular weight excluding hydrogens is 449 g/mol. The standard InChI is InChI=1S/C23H23ClFN5O3/c1-13(31)11-27-22(32)17-12-26-6-5-19(17)28-20-10-16(15-9-14(24)3-4-18(15)25)23(33)29-21(20)30-7-2-8-30/h3-6,9-10,12-13,31H,2,7-8,11H2,1H3,(H,26,28)(H,27,32)(H,29,33). The normalized spacial score (nSPS) is 13.9. The van der Waals surface area contributed by atoms with Crippen molar-refractivity contribution < 1.29 is 14.3 Å². The van der Waals surface area contributed by atoms with Crippen LogP contribution in [0.5, 0.6) is 0 Å². The third kappa shape index (κ3) is 4.99. The first-order chi connectivity index (χ1) is 15.8. The minimum absolute atomic E-state index is 0.0755. The Kier molecular flexibility index (Phi) is 6.62. The smallest absolute Gasteiger partial charge is 0.257 e. The summed E-state index contributed by atoms with van der Waals surface area (Å²) in [5.74, 6) is -0.443. The lowest BCUT2D eigenvalue weighted by molar-refractivity contribution is 0.0924. The van der Waals surface area contributed by atoms with Gasteiger partial charge in [-0.2, -0.15) is 0 Å². The van der Waals surface area contributed by atoms with Gasteiger partial charge in [-0.3, -0.25) is 14.6 Å². The molecule has 4 N–H and O–H groups in total. The molecule has 8 nitrogen and oxygen atoms in total. The van der Waals surface area contributed by atoms with Crippen molar-refractivity contribution in [1.82, 2.24) is 15.3 Å². The van der Waals surface area contributed by atoms with Crippen LogP contribution in [0.4, 0.5) is 21.6 Å². The largest absolute Gasteiger partial charge is 0.392 e. The van der Waals surface area contributed by atoms with E-state index in [0.717, 1.165) is 19.5 Å². The molecule has 3 heterocycles. The molecule has 1 amide bonds. The third-order valence-corrected chi connectivity index (χ3v) is 5.54. The van der Waals surface area contributed by atoms with Gasteiger partial charge in [-0.1, -0.05) is 11.6 Å². The highest BCUT2D eigenvalue weighted by atomic mass is 35.5. The molecule has 4 rings (SSSR count). The summed E-state index contributed by atoms with van der Waals surface area (Å²) >= 11 is 6.04. The van der Waals surface area contributed by atoms with Crippen LogP contribution in [0.15, 0.2) is 47.5 Å². The van der Waals surface area contributed by atoms with Crippen LogP contribution in [0, 0.1) is 5.82 Å². The van der Waals surface area contributed by atoms with Crippen LogP contribution in [-0.4, -0.2) is 46.7 Å². The number of anilines is 3. The molecule has 1 aliphatic heterocycles. The van der Waals surface area contributed by atoms with E-state index < -0.39 is 23.4 Å². The molecule has 0 radical (unpaired) electrons. The molecule has 1 saturated heterocycles. The SMILES string of the molecule is CC(O)CNC(=O)c1cnccc1Nc1cc(-c2cc(Cl)ccc2F)c(=O)[nH]c1N1CCC1. The van der Waals surface area contributed by atoms with Crippen LogP contribution in [0.3, 0.4) is 0 Å². The van der Waals surface area contributed by atoms with Gasteiger partial charge in [-0.15, -0.1) is 0 Å². The van der Waals surface area contributed by atoms with Crippen molar-refractivity contribution in [3.8, 4) is 11.1 Å². The number of aliphatic hydroxyl groups is 1. The van der Waals surface area contributed by atoms with E-state index in [4.69, 9.17) is 11.6 Å². The Hall–Kier alpha value is -3.43. The fraction of sp³-hybridized carbons (Fsp3) is 0.261. The highest BCUT2D eigenvalue weighted by molar-refractivity contribution is 6.30. The molecule has 1 unspecified atom stereocenters.